The second-order valence-electron chi connectivity index (χ2n) is 2.58. The molecule has 2 nitrogen and oxygen atoms in total. The van der Waals surface area contributed by atoms with Crippen LogP contribution >= 0.6 is 0 Å². The van der Waals surface area contributed by atoms with E-state index in [0.717, 1.165) is 0 Å². The van der Waals surface area contributed by atoms with Crippen LogP contribution in [0.2, 0.25) is 0 Å². The molecule has 1 rings (SSSR count). The van der Waals surface area contributed by atoms with E-state index in [0.29, 0.717) is 5.56 Å². The van der Waals surface area contributed by atoms with Gasteiger partial charge in [0.05, 0.1) is 12.3 Å². The summed E-state index contributed by atoms with van der Waals surface area (Å²) in [5.74, 6) is 0. The van der Waals surface area contributed by atoms with Crippen molar-refractivity contribution < 1.29 is 17.9 Å². The molecule has 0 amide bonds. The van der Waals surface area contributed by atoms with Gasteiger partial charge in [-0.15, -0.1) is 13.2 Å². The number of hydrogen-bond acceptors (Lipinski definition) is 2. The highest BCUT2D eigenvalue weighted by atomic mass is 19.4. The number of rotatable bonds is 3. The third kappa shape index (κ3) is 3.57. The molecule has 76 valence electrons. The molecule has 0 atom stereocenters. The highest BCUT2D eigenvalue weighted by Crippen LogP contribution is 2.16. The van der Waals surface area contributed by atoms with Gasteiger partial charge in [0.1, 0.15) is 0 Å². The lowest BCUT2D eigenvalue weighted by molar-refractivity contribution is -0.317. The van der Waals surface area contributed by atoms with Crippen LogP contribution in [0.15, 0.2) is 30.3 Å². The van der Waals surface area contributed by atoms with Crippen LogP contribution in [0, 0.1) is 5.41 Å². The lowest BCUT2D eigenvalue weighted by Crippen LogP contribution is -2.19. The first-order chi connectivity index (χ1) is 6.49. The molecular weight excluding hydrogens is 195 g/mol. The molecule has 0 saturated heterocycles. The van der Waals surface area contributed by atoms with E-state index in [9.17, 15) is 13.2 Å². The fourth-order valence-corrected chi connectivity index (χ4v) is 0.877. The van der Waals surface area contributed by atoms with Crippen LogP contribution in [0.4, 0.5) is 13.2 Å². The van der Waals surface area contributed by atoms with Gasteiger partial charge in [0.15, 0.2) is 0 Å². The molecule has 0 fully saturated rings. The molecule has 0 aromatic heterocycles. The van der Waals surface area contributed by atoms with E-state index in [1.807, 2.05) is 0 Å². The van der Waals surface area contributed by atoms with Gasteiger partial charge in [0, 0.05) is 0 Å². The topological polar surface area (TPSA) is 33.1 Å². The quantitative estimate of drug-likeness (QED) is 0.752. The zero-order valence-corrected chi connectivity index (χ0v) is 7.14. The van der Waals surface area contributed by atoms with E-state index in [1.54, 1.807) is 30.3 Å². The second kappa shape index (κ2) is 4.23. The van der Waals surface area contributed by atoms with E-state index < -0.39 is 13.0 Å². The summed E-state index contributed by atoms with van der Waals surface area (Å²) in [6.45, 7) is -0.756. The number of alkyl halides is 3. The molecule has 1 aromatic carbocycles. The lowest BCUT2D eigenvalue weighted by atomic mass is 10.1. The SMILES string of the molecule is N=C(COC(F)(F)F)c1ccccc1. The summed E-state index contributed by atoms with van der Waals surface area (Å²) in [6, 6.07) is 8.14. The van der Waals surface area contributed by atoms with Gasteiger partial charge >= 0.3 is 6.36 Å². The molecule has 0 heterocycles. The fourth-order valence-electron chi connectivity index (χ4n) is 0.877. The van der Waals surface area contributed by atoms with E-state index in [1.165, 1.54) is 0 Å². The number of hydrogen-bond donors (Lipinski definition) is 1. The Morgan fingerprint density at radius 1 is 1.21 bits per heavy atom. The van der Waals surface area contributed by atoms with Gasteiger partial charge in [0.25, 0.3) is 0 Å². The van der Waals surface area contributed by atoms with E-state index in [4.69, 9.17) is 5.41 Å². The van der Waals surface area contributed by atoms with Crippen molar-refractivity contribution in [3.8, 4) is 0 Å². The van der Waals surface area contributed by atoms with Crippen molar-refractivity contribution in [1.82, 2.24) is 0 Å². The molecule has 0 unspecified atom stereocenters. The van der Waals surface area contributed by atoms with E-state index in [2.05, 4.69) is 4.74 Å². The summed E-state index contributed by atoms with van der Waals surface area (Å²) in [5.41, 5.74) is 0.236. The Morgan fingerprint density at radius 2 is 1.79 bits per heavy atom. The highest BCUT2D eigenvalue weighted by Gasteiger charge is 2.29. The van der Waals surface area contributed by atoms with Crippen molar-refractivity contribution in [2.75, 3.05) is 6.61 Å². The molecule has 1 N–H and O–H groups in total. The number of benzene rings is 1. The molecular formula is C9H8F3NO. The van der Waals surface area contributed by atoms with Crippen LogP contribution in [-0.4, -0.2) is 18.7 Å². The van der Waals surface area contributed by atoms with Crippen LogP contribution in [0.5, 0.6) is 0 Å². The third-order valence-electron chi connectivity index (χ3n) is 1.50. The van der Waals surface area contributed by atoms with Crippen molar-refractivity contribution in [1.29, 1.82) is 5.41 Å². The van der Waals surface area contributed by atoms with Gasteiger partial charge in [0.2, 0.25) is 0 Å². The standard InChI is InChI=1S/C9H8F3NO/c10-9(11,12)14-6-8(13)7-4-2-1-3-5-7/h1-5,13H,6H2. The highest BCUT2D eigenvalue weighted by molar-refractivity contribution is 5.99. The van der Waals surface area contributed by atoms with Crippen LogP contribution in [-0.2, 0) is 4.74 Å². The lowest BCUT2D eigenvalue weighted by Gasteiger charge is -2.07. The molecule has 14 heavy (non-hydrogen) atoms. The summed E-state index contributed by atoms with van der Waals surface area (Å²) in [6.07, 6.45) is -4.68. The maximum Gasteiger partial charge on any atom is 0.522 e. The average Bonchev–Trinajstić information content (AvgIpc) is 2.14. The van der Waals surface area contributed by atoms with Gasteiger partial charge in [-0.2, -0.15) is 0 Å². The largest absolute Gasteiger partial charge is 0.522 e. The summed E-state index contributed by atoms with van der Waals surface area (Å²) < 4.78 is 38.4. The minimum atomic E-state index is -4.68. The molecule has 0 spiro atoms. The summed E-state index contributed by atoms with van der Waals surface area (Å²) in [5, 5.41) is 7.28. The van der Waals surface area contributed by atoms with E-state index in [-0.39, 0.29) is 5.71 Å². The Morgan fingerprint density at radius 3 is 2.29 bits per heavy atom. The Labute approximate surface area is 78.8 Å². The molecule has 0 bridgehead atoms. The van der Waals surface area contributed by atoms with E-state index >= 15 is 0 Å². The Bertz CT molecular complexity index is 308. The monoisotopic (exact) mass is 203 g/mol. The third-order valence-corrected chi connectivity index (χ3v) is 1.50. The first kappa shape index (κ1) is 10.7. The van der Waals surface area contributed by atoms with Crippen LogP contribution in [0.3, 0.4) is 0 Å². The van der Waals surface area contributed by atoms with Crippen molar-refractivity contribution >= 4 is 5.71 Å². The van der Waals surface area contributed by atoms with Crippen molar-refractivity contribution in [3.05, 3.63) is 35.9 Å². The molecule has 0 aliphatic heterocycles. The first-order valence-corrected chi connectivity index (χ1v) is 3.82. The van der Waals surface area contributed by atoms with Crippen molar-refractivity contribution in [2.24, 2.45) is 0 Å². The van der Waals surface area contributed by atoms with Crippen LogP contribution < -0.4 is 0 Å². The average molecular weight is 203 g/mol. The Balaban J connectivity index is 2.52. The number of nitrogens with one attached hydrogen (secondary N) is 1. The fraction of sp³-hybridized carbons (Fsp3) is 0.222. The normalized spacial score (nSPS) is 11.4. The molecule has 5 heteroatoms. The minimum absolute atomic E-state index is 0.192. The molecule has 1 aromatic rings. The summed E-state index contributed by atoms with van der Waals surface area (Å²) >= 11 is 0. The second-order valence-corrected chi connectivity index (χ2v) is 2.58. The Kier molecular flexibility index (Phi) is 3.24. The molecule has 0 aliphatic carbocycles. The zero-order valence-electron chi connectivity index (χ0n) is 7.14. The minimum Gasteiger partial charge on any atom is -0.302 e. The van der Waals surface area contributed by atoms with Gasteiger partial charge < -0.3 is 5.41 Å². The van der Waals surface area contributed by atoms with Gasteiger partial charge in [-0.25, -0.2) is 0 Å². The Hall–Kier alpha value is -1.36. The smallest absolute Gasteiger partial charge is 0.302 e. The zero-order chi connectivity index (χ0) is 10.6. The molecule has 0 radical (unpaired) electrons. The molecule has 0 saturated carbocycles. The predicted octanol–water partition coefficient (Wildman–Crippen LogP) is 2.59. The maximum atomic E-state index is 11.6. The maximum absolute atomic E-state index is 11.6. The summed E-state index contributed by atoms with van der Waals surface area (Å²) in [7, 11) is 0. The van der Waals surface area contributed by atoms with Gasteiger partial charge in [-0.05, 0) is 5.56 Å². The van der Waals surface area contributed by atoms with Gasteiger partial charge in [-0.3, -0.25) is 4.74 Å². The molecule has 0 aliphatic rings. The summed E-state index contributed by atoms with van der Waals surface area (Å²) in [4.78, 5) is 0. The van der Waals surface area contributed by atoms with Crippen molar-refractivity contribution in [2.45, 2.75) is 6.36 Å². The first-order valence-electron chi connectivity index (χ1n) is 3.82. The number of halogens is 3. The van der Waals surface area contributed by atoms with Crippen molar-refractivity contribution in [3.63, 3.8) is 0 Å². The predicted molar refractivity (Wildman–Crippen MR) is 45.3 cm³/mol. The number of ether oxygens (including phenoxy) is 1. The van der Waals surface area contributed by atoms with Crippen LogP contribution in [0.1, 0.15) is 5.56 Å². The van der Waals surface area contributed by atoms with Gasteiger partial charge in [-0.1, -0.05) is 30.3 Å². The van der Waals surface area contributed by atoms with Crippen LogP contribution in [0.25, 0.3) is 0 Å².